The molecule has 4 aromatic heterocycles. The van der Waals surface area contributed by atoms with Gasteiger partial charge < -0.3 is 8.83 Å². The summed E-state index contributed by atoms with van der Waals surface area (Å²) in [4.78, 5) is 12.6. The Bertz CT molecular complexity index is 2360. The van der Waals surface area contributed by atoms with E-state index in [1.807, 2.05) is 66.7 Å². The van der Waals surface area contributed by atoms with Crippen LogP contribution in [-0.2, 0) is 0 Å². The fourth-order valence-electron chi connectivity index (χ4n) is 6.05. The average molecular weight is 554 g/mol. The molecule has 0 saturated heterocycles. The van der Waals surface area contributed by atoms with Gasteiger partial charge in [-0.2, -0.15) is 0 Å². The van der Waals surface area contributed by atoms with Crippen LogP contribution in [0.5, 0.6) is 0 Å². The molecule has 202 valence electrons. The summed E-state index contributed by atoms with van der Waals surface area (Å²) in [6.07, 6.45) is 0. The van der Waals surface area contributed by atoms with Gasteiger partial charge in [-0.25, -0.2) is 9.97 Å². The zero-order valence-corrected chi connectivity index (χ0v) is 22.9. The first-order chi connectivity index (χ1) is 21.3. The molecule has 0 aliphatic rings. The van der Waals surface area contributed by atoms with Crippen molar-refractivity contribution in [2.75, 3.05) is 4.90 Å². The van der Waals surface area contributed by atoms with E-state index in [9.17, 15) is 0 Å². The van der Waals surface area contributed by atoms with Crippen molar-refractivity contribution in [1.82, 2.24) is 9.97 Å². The summed E-state index contributed by atoms with van der Waals surface area (Å²) >= 11 is 0. The Kier molecular flexibility index (Phi) is 5.13. The lowest BCUT2D eigenvalue weighted by Crippen LogP contribution is -2.13. The number of fused-ring (bicyclic) bond motifs is 7. The van der Waals surface area contributed by atoms with Crippen LogP contribution in [0.15, 0.2) is 148 Å². The van der Waals surface area contributed by atoms with Crippen molar-refractivity contribution in [2.24, 2.45) is 0 Å². The lowest BCUT2D eigenvalue weighted by Gasteiger charge is -2.25. The van der Waals surface area contributed by atoms with Gasteiger partial charge in [0.1, 0.15) is 33.8 Å². The number of nitrogens with zero attached hydrogens (tertiary/aromatic N) is 3. The minimum absolute atomic E-state index is 0.745. The first-order valence-corrected chi connectivity index (χ1v) is 14.3. The maximum absolute atomic E-state index is 6.13. The topological polar surface area (TPSA) is 55.3 Å². The predicted molar refractivity (Wildman–Crippen MR) is 174 cm³/mol. The molecule has 0 saturated carbocycles. The standard InChI is InChI=1S/C38H23N3O2/c1-2-10-24(11-3-1)26-22-25-12-4-5-13-27(25)30(23-26)41(35-20-18-33-37(39-35)28-14-6-8-16-31(28)42-33)36-21-19-34-38(40-36)29-15-7-9-17-32(29)43-34/h1-23H. The molecule has 0 radical (unpaired) electrons. The molecular weight excluding hydrogens is 530 g/mol. The van der Waals surface area contributed by atoms with E-state index < -0.39 is 0 Å². The number of hydrogen-bond donors (Lipinski definition) is 0. The number of hydrogen-bond acceptors (Lipinski definition) is 5. The normalized spacial score (nSPS) is 11.7. The number of pyridine rings is 2. The van der Waals surface area contributed by atoms with Crippen molar-refractivity contribution in [3.05, 3.63) is 140 Å². The van der Waals surface area contributed by atoms with E-state index in [1.165, 1.54) is 0 Å². The van der Waals surface area contributed by atoms with Gasteiger partial charge in [0.15, 0.2) is 11.2 Å². The van der Waals surface area contributed by atoms with Gasteiger partial charge in [0, 0.05) is 16.2 Å². The molecule has 0 amide bonds. The third kappa shape index (κ3) is 3.79. The number of para-hydroxylation sites is 2. The Balaban J connectivity index is 1.36. The van der Waals surface area contributed by atoms with E-state index in [0.717, 1.165) is 83.4 Å². The SMILES string of the molecule is c1ccc(-c2cc(N(c3ccc4oc5ccccc5c4n3)c3ccc4oc5ccccc5c4n3)c3ccccc3c2)cc1. The van der Waals surface area contributed by atoms with Gasteiger partial charge in [-0.3, -0.25) is 4.90 Å². The number of benzene rings is 5. The third-order valence-corrected chi connectivity index (χ3v) is 8.06. The highest BCUT2D eigenvalue weighted by molar-refractivity contribution is 6.06. The van der Waals surface area contributed by atoms with Crippen molar-refractivity contribution >= 4 is 72.2 Å². The number of rotatable bonds is 4. The minimum atomic E-state index is 0.745. The van der Waals surface area contributed by atoms with Crippen molar-refractivity contribution < 1.29 is 8.83 Å². The lowest BCUT2D eigenvalue weighted by atomic mass is 9.99. The number of furan rings is 2. The Labute approximate surface area is 246 Å². The molecule has 0 unspecified atom stereocenters. The van der Waals surface area contributed by atoms with Crippen LogP contribution >= 0.6 is 0 Å². The molecule has 0 fully saturated rings. The van der Waals surface area contributed by atoms with Gasteiger partial charge >= 0.3 is 0 Å². The summed E-state index contributed by atoms with van der Waals surface area (Å²) in [5.74, 6) is 1.49. The first kappa shape index (κ1) is 23.7. The molecule has 43 heavy (non-hydrogen) atoms. The molecule has 0 atom stereocenters. The molecule has 5 aromatic carbocycles. The average Bonchev–Trinajstić information content (AvgIpc) is 3.63. The van der Waals surface area contributed by atoms with E-state index in [0.29, 0.717) is 0 Å². The summed E-state index contributed by atoms with van der Waals surface area (Å²) in [7, 11) is 0. The highest BCUT2D eigenvalue weighted by Crippen LogP contribution is 2.42. The molecule has 0 spiro atoms. The second kappa shape index (κ2) is 9.29. The van der Waals surface area contributed by atoms with E-state index in [-0.39, 0.29) is 0 Å². The van der Waals surface area contributed by atoms with Crippen molar-refractivity contribution in [3.63, 3.8) is 0 Å². The van der Waals surface area contributed by atoms with Crippen LogP contribution in [0.3, 0.4) is 0 Å². The van der Waals surface area contributed by atoms with Crippen molar-refractivity contribution in [2.45, 2.75) is 0 Å². The first-order valence-electron chi connectivity index (χ1n) is 14.3. The summed E-state index contributed by atoms with van der Waals surface area (Å²) in [6.45, 7) is 0. The van der Waals surface area contributed by atoms with Crippen LogP contribution in [0.4, 0.5) is 17.3 Å². The minimum Gasteiger partial charge on any atom is -0.454 e. The molecule has 0 aliphatic heterocycles. The fourth-order valence-corrected chi connectivity index (χ4v) is 6.05. The summed E-state index contributed by atoms with van der Waals surface area (Å²) in [5, 5.41) is 4.19. The van der Waals surface area contributed by atoms with Gasteiger partial charge in [-0.15, -0.1) is 0 Å². The largest absolute Gasteiger partial charge is 0.454 e. The summed E-state index contributed by atoms with van der Waals surface area (Å²) in [5.41, 5.74) is 7.99. The van der Waals surface area contributed by atoms with E-state index in [1.54, 1.807) is 0 Å². The fraction of sp³-hybridized carbons (Fsp3) is 0. The number of anilines is 3. The van der Waals surface area contributed by atoms with Crippen LogP contribution in [-0.4, -0.2) is 9.97 Å². The van der Waals surface area contributed by atoms with Crippen LogP contribution in [0, 0.1) is 0 Å². The highest BCUT2D eigenvalue weighted by atomic mass is 16.3. The zero-order chi connectivity index (χ0) is 28.3. The third-order valence-electron chi connectivity index (χ3n) is 8.06. The Morgan fingerprint density at radius 2 is 0.953 bits per heavy atom. The van der Waals surface area contributed by atoms with E-state index >= 15 is 0 Å². The molecule has 0 N–H and O–H groups in total. The van der Waals surface area contributed by atoms with Crippen LogP contribution < -0.4 is 4.90 Å². The maximum atomic E-state index is 6.13. The Hall–Kier alpha value is -5.94. The monoisotopic (exact) mass is 553 g/mol. The quantitative estimate of drug-likeness (QED) is 0.217. The number of aromatic nitrogens is 2. The predicted octanol–water partition coefficient (Wildman–Crippen LogP) is 10.6. The molecule has 9 aromatic rings. The molecule has 5 nitrogen and oxygen atoms in total. The van der Waals surface area contributed by atoms with Crippen LogP contribution in [0.25, 0.3) is 66.0 Å². The van der Waals surface area contributed by atoms with Crippen molar-refractivity contribution in [1.29, 1.82) is 0 Å². The van der Waals surface area contributed by atoms with Gasteiger partial charge in [-0.05, 0) is 77.2 Å². The molecular formula is C38H23N3O2. The second-order valence-corrected chi connectivity index (χ2v) is 10.6. The summed E-state index contributed by atoms with van der Waals surface area (Å²) in [6, 6.07) is 47.5. The van der Waals surface area contributed by atoms with E-state index in [2.05, 4.69) is 77.7 Å². The lowest BCUT2D eigenvalue weighted by molar-refractivity contribution is 0.668. The van der Waals surface area contributed by atoms with E-state index in [4.69, 9.17) is 18.8 Å². The smallest absolute Gasteiger partial charge is 0.154 e. The van der Waals surface area contributed by atoms with Gasteiger partial charge in [-0.1, -0.05) is 78.9 Å². The second-order valence-electron chi connectivity index (χ2n) is 10.6. The Morgan fingerprint density at radius 1 is 0.419 bits per heavy atom. The maximum Gasteiger partial charge on any atom is 0.154 e. The highest BCUT2D eigenvalue weighted by Gasteiger charge is 2.22. The van der Waals surface area contributed by atoms with Crippen LogP contribution in [0.2, 0.25) is 0 Å². The van der Waals surface area contributed by atoms with Gasteiger partial charge in [0.25, 0.3) is 0 Å². The van der Waals surface area contributed by atoms with Gasteiger partial charge in [0.2, 0.25) is 0 Å². The van der Waals surface area contributed by atoms with Crippen LogP contribution in [0.1, 0.15) is 0 Å². The molecule has 9 rings (SSSR count). The zero-order valence-electron chi connectivity index (χ0n) is 22.9. The molecule has 0 bridgehead atoms. The molecule has 5 heteroatoms. The van der Waals surface area contributed by atoms with Gasteiger partial charge in [0.05, 0.1) is 5.69 Å². The summed E-state index contributed by atoms with van der Waals surface area (Å²) < 4.78 is 12.3. The molecule has 0 aliphatic carbocycles. The van der Waals surface area contributed by atoms with Crippen molar-refractivity contribution in [3.8, 4) is 11.1 Å². The Morgan fingerprint density at radius 3 is 1.58 bits per heavy atom. The molecule has 4 heterocycles.